The second-order valence-corrected chi connectivity index (χ2v) is 4.92. The van der Waals surface area contributed by atoms with Crippen LogP contribution in [0.5, 0.6) is 0 Å². The molecule has 0 spiro atoms. The standard InChI is InChI=1S/C12H12ClNOS/c1-9-7-11(13)8-14-12(9)5-3-4-6-16-10(2)15/h7-8H,4,6H2,1-2H3. The van der Waals surface area contributed by atoms with Crippen LogP contribution in [0.3, 0.4) is 0 Å². The third-order valence-electron chi connectivity index (χ3n) is 1.78. The number of halogens is 1. The largest absolute Gasteiger partial charge is 0.288 e. The Kier molecular flexibility index (Phi) is 5.37. The summed E-state index contributed by atoms with van der Waals surface area (Å²) in [6.07, 6.45) is 2.27. The minimum atomic E-state index is 0.127. The highest BCUT2D eigenvalue weighted by atomic mass is 35.5. The first-order valence-corrected chi connectivity index (χ1v) is 6.20. The predicted octanol–water partition coefficient (Wildman–Crippen LogP) is 3.06. The lowest BCUT2D eigenvalue weighted by Crippen LogP contribution is -1.88. The van der Waals surface area contributed by atoms with E-state index in [-0.39, 0.29) is 5.12 Å². The molecule has 84 valence electrons. The molecule has 0 aliphatic rings. The summed E-state index contributed by atoms with van der Waals surface area (Å²) in [6.45, 7) is 3.48. The van der Waals surface area contributed by atoms with Crippen LogP contribution in [-0.2, 0) is 4.79 Å². The molecular formula is C12H12ClNOS. The number of pyridine rings is 1. The molecule has 0 fully saturated rings. The first kappa shape index (κ1) is 13.1. The van der Waals surface area contributed by atoms with Crippen LogP contribution in [0.2, 0.25) is 5.02 Å². The Bertz CT molecular complexity index is 448. The van der Waals surface area contributed by atoms with Gasteiger partial charge >= 0.3 is 0 Å². The molecule has 0 atom stereocenters. The lowest BCUT2D eigenvalue weighted by Gasteiger charge is -1.96. The average molecular weight is 254 g/mol. The van der Waals surface area contributed by atoms with Crippen LogP contribution in [0, 0.1) is 18.8 Å². The number of carbonyl (C=O) groups is 1. The van der Waals surface area contributed by atoms with Gasteiger partial charge in [0.2, 0.25) is 0 Å². The number of aromatic nitrogens is 1. The summed E-state index contributed by atoms with van der Waals surface area (Å²) >= 11 is 7.07. The Morgan fingerprint density at radius 1 is 1.62 bits per heavy atom. The van der Waals surface area contributed by atoms with E-state index >= 15 is 0 Å². The van der Waals surface area contributed by atoms with Crippen molar-refractivity contribution in [1.29, 1.82) is 0 Å². The van der Waals surface area contributed by atoms with Gasteiger partial charge in [0, 0.05) is 25.3 Å². The summed E-state index contributed by atoms with van der Waals surface area (Å²) in [5.41, 5.74) is 1.72. The van der Waals surface area contributed by atoms with Gasteiger partial charge in [0.1, 0.15) is 5.69 Å². The summed E-state index contributed by atoms with van der Waals surface area (Å²) in [7, 11) is 0. The van der Waals surface area contributed by atoms with Crippen LogP contribution >= 0.6 is 23.4 Å². The highest BCUT2D eigenvalue weighted by molar-refractivity contribution is 8.13. The van der Waals surface area contributed by atoms with E-state index in [1.165, 1.54) is 11.8 Å². The molecule has 1 rings (SSSR count). The Labute approximate surface area is 105 Å². The molecule has 0 unspecified atom stereocenters. The van der Waals surface area contributed by atoms with Crippen LogP contribution in [0.15, 0.2) is 12.3 Å². The maximum atomic E-state index is 10.7. The minimum absolute atomic E-state index is 0.127. The first-order chi connectivity index (χ1) is 7.59. The van der Waals surface area contributed by atoms with Crippen LogP contribution in [0.4, 0.5) is 0 Å². The molecule has 0 N–H and O–H groups in total. The van der Waals surface area contributed by atoms with Crippen LogP contribution in [-0.4, -0.2) is 15.9 Å². The number of hydrogen-bond donors (Lipinski definition) is 0. The van der Waals surface area contributed by atoms with Gasteiger partial charge < -0.3 is 0 Å². The van der Waals surface area contributed by atoms with E-state index in [0.717, 1.165) is 17.0 Å². The van der Waals surface area contributed by atoms with Crippen molar-refractivity contribution in [3.63, 3.8) is 0 Å². The van der Waals surface area contributed by atoms with E-state index < -0.39 is 0 Å². The quantitative estimate of drug-likeness (QED) is 0.599. The zero-order valence-electron chi connectivity index (χ0n) is 9.21. The molecule has 0 aliphatic heterocycles. The van der Waals surface area contributed by atoms with Crippen molar-refractivity contribution in [3.05, 3.63) is 28.5 Å². The molecule has 1 aromatic heterocycles. The van der Waals surface area contributed by atoms with Gasteiger partial charge in [0.05, 0.1) is 5.02 Å². The maximum absolute atomic E-state index is 10.7. The number of rotatable bonds is 2. The molecule has 0 aliphatic carbocycles. The average Bonchev–Trinajstić information content (AvgIpc) is 2.20. The molecule has 0 bridgehead atoms. The number of nitrogens with zero attached hydrogens (tertiary/aromatic N) is 1. The highest BCUT2D eigenvalue weighted by Gasteiger charge is 1.96. The lowest BCUT2D eigenvalue weighted by atomic mass is 10.2. The normalized spacial score (nSPS) is 9.44. The molecule has 0 saturated heterocycles. The maximum Gasteiger partial charge on any atom is 0.185 e. The molecule has 0 radical (unpaired) electrons. The number of hydrogen-bond acceptors (Lipinski definition) is 3. The molecule has 2 nitrogen and oxygen atoms in total. The third-order valence-corrected chi connectivity index (χ3v) is 2.81. The fourth-order valence-corrected chi connectivity index (χ4v) is 1.77. The Balaban J connectivity index is 2.53. The molecular weight excluding hydrogens is 242 g/mol. The number of carbonyl (C=O) groups excluding carboxylic acids is 1. The third kappa shape index (κ3) is 4.69. The SMILES string of the molecule is CC(=O)SCCC#Cc1ncc(Cl)cc1C. The molecule has 1 aromatic rings. The van der Waals surface area contributed by atoms with Gasteiger partial charge in [-0.1, -0.05) is 29.3 Å². The minimum Gasteiger partial charge on any atom is -0.288 e. The van der Waals surface area contributed by atoms with Crippen molar-refractivity contribution in [1.82, 2.24) is 4.98 Å². The van der Waals surface area contributed by atoms with Crippen LogP contribution < -0.4 is 0 Å². The summed E-state index contributed by atoms with van der Waals surface area (Å²) in [5.74, 6) is 6.69. The van der Waals surface area contributed by atoms with Gasteiger partial charge in [-0.3, -0.25) is 4.79 Å². The van der Waals surface area contributed by atoms with E-state index in [4.69, 9.17) is 11.6 Å². The van der Waals surface area contributed by atoms with Crippen molar-refractivity contribution in [2.24, 2.45) is 0 Å². The summed E-state index contributed by atoms with van der Waals surface area (Å²) in [4.78, 5) is 14.8. The molecule has 4 heteroatoms. The zero-order chi connectivity index (χ0) is 12.0. The fourth-order valence-electron chi connectivity index (χ4n) is 1.06. The van der Waals surface area contributed by atoms with Gasteiger partial charge in [0.25, 0.3) is 0 Å². The molecule has 0 aromatic carbocycles. The second-order valence-electron chi connectivity index (χ2n) is 3.21. The van der Waals surface area contributed by atoms with E-state index in [1.54, 1.807) is 13.1 Å². The molecule has 1 heterocycles. The van der Waals surface area contributed by atoms with Gasteiger partial charge in [-0.25, -0.2) is 4.98 Å². The lowest BCUT2D eigenvalue weighted by molar-refractivity contribution is -0.109. The van der Waals surface area contributed by atoms with E-state index in [1.807, 2.05) is 13.0 Å². The Morgan fingerprint density at radius 3 is 3.00 bits per heavy atom. The van der Waals surface area contributed by atoms with Gasteiger partial charge in [0.15, 0.2) is 5.12 Å². The zero-order valence-corrected chi connectivity index (χ0v) is 10.8. The van der Waals surface area contributed by atoms with E-state index in [0.29, 0.717) is 11.4 Å². The molecule has 0 saturated carbocycles. The number of thioether (sulfide) groups is 1. The predicted molar refractivity (Wildman–Crippen MR) is 68.6 cm³/mol. The van der Waals surface area contributed by atoms with Crippen molar-refractivity contribution >= 4 is 28.5 Å². The summed E-state index contributed by atoms with van der Waals surface area (Å²) in [6, 6.07) is 1.84. The van der Waals surface area contributed by atoms with Crippen molar-refractivity contribution in [3.8, 4) is 11.8 Å². The summed E-state index contributed by atoms with van der Waals surface area (Å²) in [5, 5.41) is 0.748. The van der Waals surface area contributed by atoms with Crippen LogP contribution in [0.25, 0.3) is 0 Å². The van der Waals surface area contributed by atoms with Crippen LogP contribution in [0.1, 0.15) is 24.6 Å². The van der Waals surface area contributed by atoms with Crippen molar-refractivity contribution < 1.29 is 4.79 Å². The Hall–Kier alpha value is -0.980. The second kappa shape index (κ2) is 6.57. The highest BCUT2D eigenvalue weighted by Crippen LogP contribution is 2.11. The fraction of sp³-hybridized carbons (Fsp3) is 0.333. The van der Waals surface area contributed by atoms with Gasteiger partial charge in [-0.05, 0) is 24.5 Å². The first-order valence-electron chi connectivity index (χ1n) is 4.84. The molecule has 16 heavy (non-hydrogen) atoms. The van der Waals surface area contributed by atoms with Gasteiger partial charge in [-0.2, -0.15) is 0 Å². The van der Waals surface area contributed by atoms with Crippen molar-refractivity contribution in [2.45, 2.75) is 20.3 Å². The summed E-state index contributed by atoms with van der Waals surface area (Å²) < 4.78 is 0. The number of aryl methyl sites for hydroxylation is 1. The Morgan fingerprint density at radius 2 is 2.38 bits per heavy atom. The van der Waals surface area contributed by atoms with E-state index in [9.17, 15) is 4.79 Å². The van der Waals surface area contributed by atoms with Gasteiger partial charge in [-0.15, -0.1) is 0 Å². The smallest absolute Gasteiger partial charge is 0.185 e. The molecule has 0 amide bonds. The monoisotopic (exact) mass is 253 g/mol. The van der Waals surface area contributed by atoms with Crippen molar-refractivity contribution in [2.75, 3.05) is 5.75 Å². The van der Waals surface area contributed by atoms with E-state index in [2.05, 4.69) is 16.8 Å². The topological polar surface area (TPSA) is 30.0 Å².